The molecule has 1 N–H and O–H groups in total. The third-order valence-electron chi connectivity index (χ3n) is 3.56. The fourth-order valence-corrected chi connectivity index (χ4v) is 2.25. The van der Waals surface area contributed by atoms with Crippen molar-refractivity contribution in [2.75, 3.05) is 32.7 Å². The predicted octanol–water partition coefficient (Wildman–Crippen LogP) is 0.845. The Hall–Kier alpha value is -1.10. The third kappa shape index (κ3) is 5.19. The molecule has 110 valence electrons. The Bertz CT molecular complexity index is 299. The molecule has 1 saturated carbocycles. The van der Waals surface area contributed by atoms with Crippen molar-refractivity contribution in [1.82, 2.24) is 15.1 Å². The zero-order valence-electron chi connectivity index (χ0n) is 12.4. The van der Waals surface area contributed by atoms with Crippen LogP contribution in [0.4, 0.5) is 0 Å². The number of nitrogens with one attached hydrogen (secondary N) is 1. The van der Waals surface area contributed by atoms with Gasteiger partial charge in [-0.2, -0.15) is 0 Å². The second-order valence-corrected chi connectivity index (χ2v) is 4.90. The lowest BCUT2D eigenvalue weighted by Gasteiger charge is -2.21. The summed E-state index contributed by atoms with van der Waals surface area (Å²) < 4.78 is 0. The molecule has 1 fully saturated rings. The summed E-state index contributed by atoms with van der Waals surface area (Å²) in [5.41, 5.74) is 0. The zero-order chi connectivity index (χ0) is 14.3. The second kappa shape index (κ2) is 8.15. The molecular formula is C14H27N3O2. The van der Waals surface area contributed by atoms with Crippen molar-refractivity contribution in [3.05, 3.63) is 0 Å². The van der Waals surface area contributed by atoms with Gasteiger partial charge in [0.2, 0.25) is 11.8 Å². The first kappa shape index (κ1) is 16.0. The molecule has 0 bridgehead atoms. The van der Waals surface area contributed by atoms with Gasteiger partial charge >= 0.3 is 0 Å². The second-order valence-electron chi connectivity index (χ2n) is 4.90. The van der Waals surface area contributed by atoms with E-state index in [2.05, 4.69) is 5.32 Å². The van der Waals surface area contributed by atoms with Crippen molar-refractivity contribution >= 4 is 11.8 Å². The van der Waals surface area contributed by atoms with Crippen LogP contribution in [0.2, 0.25) is 0 Å². The zero-order valence-corrected chi connectivity index (χ0v) is 12.4. The van der Waals surface area contributed by atoms with E-state index in [4.69, 9.17) is 0 Å². The van der Waals surface area contributed by atoms with Gasteiger partial charge in [0.25, 0.3) is 0 Å². The monoisotopic (exact) mass is 269 g/mol. The van der Waals surface area contributed by atoms with E-state index in [0.29, 0.717) is 25.6 Å². The molecule has 0 aromatic heterocycles. The summed E-state index contributed by atoms with van der Waals surface area (Å²) in [6.07, 6.45) is 2.74. The number of hydrogen-bond acceptors (Lipinski definition) is 3. The van der Waals surface area contributed by atoms with Crippen molar-refractivity contribution in [1.29, 1.82) is 0 Å². The van der Waals surface area contributed by atoms with Crippen molar-refractivity contribution in [2.24, 2.45) is 0 Å². The quantitative estimate of drug-likeness (QED) is 0.631. The summed E-state index contributed by atoms with van der Waals surface area (Å²) >= 11 is 0. The van der Waals surface area contributed by atoms with Crippen LogP contribution in [0.1, 0.15) is 40.0 Å². The number of rotatable bonds is 9. The van der Waals surface area contributed by atoms with E-state index in [1.54, 1.807) is 0 Å². The standard InChI is InChI=1S/C14H27N3O2/c1-4-16(5-2)13(18)9-10-15-11-14(19)17(6-3)12-7-8-12/h12,15H,4-11H2,1-3H3. The lowest BCUT2D eigenvalue weighted by Crippen LogP contribution is -2.40. The van der Waals surface area contributed by atoms with Crippen LogP contribution in [0.25, 0.3) is 0 Å². The lowest BCUT2D eigenvalue weighted by molar-refractivity contribution is -0.132. The van der Waals surface area contributed by atoms with E-state index >= 15 is 0 Å². The van der Waals surface area contributed by atoms with Gasteiger partial charge in [0.15, 0.2) is 0 Å². The number of amides is 2. The topological polar surface area (TPSA) is 52.7 Å². The number of carbonyl (C=O) groups is 2. The molecule has 1 aliphatic carbocycles. The molecule has 1 aliphatic rings. The summed E-state index contributed by atoms with van der Waals surface area (Å²) in [7, 11) is 0. The summed E-state index contributed by atoms with van der Waals surface area (Å²) in [5, 5.41) is 3.08. The van der Waals surface area contributed by atoms with Crippen molar-refractivity contribution < 1.29 is 9.59 Å². The normalized spacial score (nSPS) is 14.3. The van der Waals surface area contributed by atoms with Gasteiger partial charge in [0.1, 0.15) is 0 Å². The highest BCUT2D eigenvalue weighted by Crippen LogP contribution is 2.26. The molecule has 0 aromatic rings. The molecular weight excluding hydrogens is 242 g/mol. The molecule has 0 aromatic carbocycles. The maximum atomic E-state index is 11.9. The highest BCUT2D eigenvalue weighted by atomic mass is 16.2. The van der Waals surface area contributed by atoms with E-state index in [1.807, 2.05) is 30.6 Å². The van der Waals surface area contributed by atoms with E-state index in [9.17, 15) is 9.59 Å². The van der Waals surface area contributed by atoms with Gasteiger partial charge in [-0.15, -0.1) is 0 Å². The molecule has 5 heteroatoms. The maximum Gasteiger partial charge on any atom is 0.236 e. The van der Waals surface area contributed by atoms with Gasteiger partial charge in [-0.3, -0.25) is 9.59 Å². The van der Waals surface area contributed by atoms with Crippen LogP contribution in [0.15, 0.2) is 0 Å². The Morgan fingerprint density at radius 3 is 2.16 bits per heavy atom. The van der Waals surface area contributed by atoms with Crippen molar-refractivity contribution in [3.8, 4) is 0 Å². The van der Waals surface area contributed by atoms with Gasteiger partial charge in [-0.05, 0) is 33.6 Å². The first-order chi connectivity index (χ1) is 9.13. The molecule has 1 rings (SSSR count). The highest BCUT2D eigenvalue weighted by molar-refractivity contribution is 5.79. The van der Waals surface area contributed by atoms with Crippen LogP contribution >= 0.6 is 0 Å². The SMILES string of the molecule is CCN(CC)C(=O)CCNCC(=O)N(CC)C1CC1. The van der Waals surface area contributed by atoms with E-state index in [0.717, 1.165) is 32.5 Å². The van der Waals surface area contributed by atoms with Crippen molar-refractivity contribution in [3.63, 3.8) is 0 Å². The average Bonchev–Trinajstić information content (AvgIpc) is 3.21. The van der Waals surface area contributed by atoms with Crippen LogP contribution < -0.4 is 5.32 Å². The predicted molar refractivity (Wildman–Crippen MR) is 75.8 cm³/mol. The number of nitrogens with zero attached hydrogens (tertiary/aromatic N) is 2. The Morgan fingerprint density at radius 1 is 1.05 bits per heavy atom. The molecule has 2 amide bonds. The number of likely N-dealkylation sites (N-methyl/N-ethyl adjacent to an activating group) is 1. The minimum atomic E-state index is 0.152. The molecule has 0 unspecified atom stereocenters. The number of carbonyl (C=O) groups excluding carboxylic acids is 2. The fraction of sp³-hybridized carbons (Fsp3) is 0.857. The van der Waals surface area contributed by atoms with Gasteiger partial charge in [0.05, 0.1) is 6.54 Å². The number of hydrogen-bond donors (Lipinski definition) is 1. The Balaban J connectivity index is 2.16. The molecule has 5 nitrogen and oxygen atoms in total. The molecule has 0 radical (unpaired) electrons. The third-order valence-corrected chi connectivity index (χ3v) is 3.56. The summed E-state index contributed by atoms with van der Waals surface area (Å²) in [4.78, 5) is 27.4. The largest absolute Gasteiger partial charge is 0.343 e. The first-order valence-corrected chi connectivity index (χ1v) is 7.41. The smallest absolute Gasteiger partial charge is 0.236 e. The Labute approximate surface area is 116 Å². The maximum absolute atomic E-state index is 11.9. The molecule has 0 aliphatic heterocycles. The van der Waals surface area contributed by atoms with Gasteiger partial charge in [-0.1, -0.05) is 0 Å². The van der Waals surface area contributed by atoms with Crippen molar-refractivity contribution in [2.45, 2.75) is 46.1 Å². The fourth-order valence-electron chi connectivity index (χ4n) is 2.25. The van der Waals surface area contributed by atoms with Crippen LogP contribution in [-0.4, -0.2) is 60.4 Å². The summed E-state index contributed by atoms with van der Waals surface area (Å²) in [5.74, 6) is 0.305. The first-order valence-electron chi connectivity index (χ1n) is 7.41. The van der Waals surface area contributed by atoms with E-state index in [1.165, 1.54) is 0 Å². The average molecular weight is 269 g/mol. The molecule has 0 atom stereocenters. The van der Waals surface area contributed by atoms with Gasteiger partial charge in [-0.25, -0.2) is 0 Å². The Morgan fingerprint density at radius 2 is 1.68 bits per heavy atom. The molecule has 0 saturated heterocycles. The van der Waals surface area contributed by atoms with Crippen LogP contribution in [0.5, 0.6) is 0 Å². The summed E-state index contributed by atoms with van der Waals surface area (Å²) in [6.45, 7) is 9.17. The Kier molecular flexibility index (Phi) is 6.84. The van der Waals surface area contributed by atoms with Crippen LogP contribution in [0.3, 0.4) is 0 Å². The minimum Gasteiger partial charge on any atom is -0.343 e. The van der Waals surface area contributed by atoms with Gasteiger partial charge in [0, 0.05) is 38.6 Å². The molecule has 19 heavy (non-hydrogen) atoms. The van der Waals surface area contributed by atoms with E-state index < -0.39 is 0 Å². The summed E-state index contributed by atoms with van der Waals surface area (Å²) in [6, 6.07) is 0.469. The minimum absolute atomic E-state index is 0.152. The van der Waals surface area contributed by atoms with E-state index in [-0.39, 0.29) is 11.8 Å². The molecule has 0 heterocycles. The molecule has 0 spiro atoms. The lowest BCUT2D eigenvalue weighted by atomic mass is 10.3. The highest BCUT2D eigenvalue weighted by Gasteiger charge is 2.30. The van der Waals surface area contributed by atoms with Gasteiger partial charge < -0.3 is 15.1 Å². The van der Waals surface area contributed by atoms with Crippen LogP contribution in [-0.2, 0) is 9.59 Å². The van der Waals surface area contributed by atoms with Crippen LogP contribution in [0, 0.1) is 0 Å².